The Labute approximate surface area is 154 Å². The lowest BCUT2D eigenvalue weighted by atomic mass is 9.68. The van der Waals surface area contributed by atoms with Crippen molar-refractivity contribution < 1.29 is 14.3 Å². The van der Waals surface area contributed by atoms with Crippen molar-refractivity contribution in [2.24, 2.45) is 11.3 Å². The van der Waals surface area contributed by atoms with Gasteiger partial charge in [-0.1, -0.05) is 36.8 Å². The van der Waals surface area contributed by atoms with E-state index < -0.39 is 0 Å². The van der Waals surface area contributed by atoms with Gasteiger partial charge in [0, 0.05) is 24.4 Å². The van der Waals surface area contributed by atoms with Gasteiger partial charge >= 0.3 is 6.09 Å². The second-order valence-electron chi connectivity index (χ2n) is 9.29. The summed E-state index contributed by atoms with van der Waals surface area (Å²) in [5, 5.41) is 2.88. The number of amides is 2. The fraction of sp³-hybridized carbons (Fsp3) is 0.619. The minimum Gasteiger partial charge on any atom is -0.447 e. The average molecular weight is 354 g/mol. The summed E-state index contributed by atoms with van der Waals surface area (Å²) < 4.78 is 5.02. The first-order valence-corrected chi connectivity index (χ1v) is 9.66. The number of carbonyl (C=O) groups excluding carboxylic acids is 2. The van der Waals surface area contributed by atoms with Crippen molar-refractivity contribution in [1.82, 2.24) is 10.2 Å². The molecule has 5 nitrogen and oxygen atoms in total. The number of ether oxygens (including phenoxy) is 1. The van der Waals surface area contributed by atoms with Crippen LogP contribution in [-0.4, -0.2) is 42.1 Å². The first kappa shape index (κ1) is 16.2. The molecular weight excluding hydrogens is 328 g/mol. The van der Waals surface area contributed by atoms with Gasteiger partial charge in [0.05, 0.1) is 5.54 Å². The highest BCUT2D eigenvalue weighted by Gasteiger charge is 2.67. The number of fused-ring (bicyclic) bond motifs is 1. The first-order chi connectivity index (χ1) is 12.3. The summed E-state index contributed by atoms with van der Waals surface area (Å²) >= 11 is 0. The molecule has 5 heteroatoms. The van der Waals surface area contributed by atoms with Crippen LogP contribution in [0.2, 0.25) is 0 Å². The SMILES string of the molecule is Cc1cccc([C@]23CCN(C(=O)C4CC5(COC(=O)N5)C4)C[C@@]2(C)C3)c1. The number of hydrogen-bond acceptors (Lipinski definition) is 3. The molecule has 0 unspecified atom stereocenters. The van der Waals surface area contributed by atoms with Crippen molar-refractivity contribution >= 4 is 12.0 Å². The summed E-state index contributed by atoms with van der Waals surface area (Å²) in [6.45, 7) is 6.59. The summed E-state index contributed by atoms with van der Waals surface area (Å²) in [6, 6.07) is 8.88. The number of carbonyl (C=O) groups is 2. The molecule has 4 aliphatic rings. The molecular formula is C21H26N2O3. The van der Waals surface area contributed by atoms with Gasteiger partial charge in [-0.25, -0.2) is 4.79 Å². The molecule has 2 aliphatic carbocycles. The second-order valence-corrected chi connectivity index (χ2v) is 9.29. The number of rotatable bonds is 2. The zero-order chi connectivity index (χ0) is 18.2. The molecule has 1 aromatic rings. The fourth-order valence-electron chi connectivity index (χ4n) is 5.80. The molecule has 1 aromatic carbocycles. The van der Waals surface area contributed by atoms with E-state index in [9.17, 15) is 9.59 Å². The van der Waals surface area contributed by atoms with Crippen LogP contribution in [0.4, 0.5) is 4.79 Å². The normalized spacial score (nSPS) is 40.5. The summed E-state index contributed by atoms with van der Waals surface area (Å²) in [5.74, 6) is 0.300. The molecule has 0 bridgehead atoms. The number of likely N-dealkylation sites (tertiary alicyclic amines) is 1. The van der Waals surface area contributed by atoms with Crippen LogP contribution in [0, 0.1) is 18.3 Å². The van der Waals surface area contributed by atoms with Crippen LogP contribution in [-0.2, 0) is 14.9 Å². The molecule has 0 radical (unpaired) electrons. The predicted molar refractivity (Wildman–Crippen MR) is 96.7 cm³/mol. The number of hydrogen-bond donors (Lipinski definition) is 1. The number of aryl methyl sites for hydroxylation is 1. The molecule has 1 N–H and O–H groups in total. The number of nitrogens with one attached hydrogen (secondary N) is 1. The maximum atomic E-state index is 13.0. The third-order valence-corrected chi connectivity index (χ3v) is 7.42. The van der Waals surface area contributed by atoms with Gasteiger partial charge in [0.1, 0.15) is 6.61 Å². The molecule has 0 aromatic heterocycles. The lowest BCUT2D eigenvalue weighted by Crippen LogP contribution is -2.59. The standard InChI is InChI=1S/C21H26N2O3/c1-14-4-3-5-16(8-14)21-6-7-23(12-19(21,2)11-21)17(24)15-9-20(10-15)13-26-18(25)22-20/h3-5,8,15H,6-7,9-13H2,1-2H3,(H,22,25)/t15?,19-,20?,21-/m1/s1. The summed E-state index contributed by atoms with van der Waals surface area (Å²) in [5.41, 5.74) is 2.93. The van der Waals surface area contributed by atoms with Gasteiger partial charge < -0.3 is 15.0 Å². The number of nitrogens with zero attached hydrogens (tertiary/aromatic N) is 1. The van der Waals surface area contributed by atoms with E-state index >= 15 is 0 Å². The fourth-order valence-corrected chi connectivity index (χ4v) is 5.80. The highest BCUT2D eigenvalue weighted by atomic mass is 16.6. The van der Waals surface area contributed by atoms with E-state index in [0.29, 0.717) is 19.4 Å². The largest absolute Gasteiger partial charge is 0.447 e. The molecule has 4 fully saturated rings. The third-order valence-electron chi connectivity index (χ3n) is 7.42. The molecule has 5 rings (SSSR count). The zero-order valence-corrected chi connectivity index (χ0v) is 15.5. The molecule has 2 saturated carbocycles. The lowest BCUT2D eigenvalue weighted by molar-refractivity contribution is -0.143. The average Bonchev–Trinajstić information content (AvgIpc) is 3.04. The molecule has 2 saturated heterocycles. The molecule has 2 heterocycles. The van der Waals surface area contributed by atoms with Crippen molar-refractivity contribution in [2.75, 3.05) is 19.7 Å². The van der Waals surface area contributed by atoms with Crippen molar-refractivity contribution in [3.05, 3.63) is 35.4 Å². The quantitative estimate of drug-likeness (QED) is 0.888. The van der Waals surface area contributed by atoms with Gasteiger partial charge in [-0.2, -0.15) is 0 Å². The summed E-state index contributed by atoms with van der Waals surface area (Å²) in [4.78, 5) is 26.3. The Kier molecular flexibility index (Phi) is 3.12. The van der Waals surface area contributed by atoms with Crippen molar-refractivity contribution in [1.29, 1.82) is 0 Å². The molecule has 2 atom stereocenters. The van der Waals surface area contributed by atoms with E-state index in [2.05, 4.69) is 48.3 Å². The zero-order valence-electron chi connectivity index (χ0n) is 15.5. The number of alkyl carbamates (subject to hydrolysis) is 1. The van der Waals surface area contributed by atoms with E-state index in [4.69, 9.17) is 4.74 Å². The van der Waals surface area contributed by atoms with E-state index in [-0.39, 0.29) is 34.3 Å². The lowest BCUT2D eigenvalue weighted by Gasteiger charge is -2.45. The van der Waals surface area contributed by atoms with Gasteiger partial charge in [-0.3, -0.25) is 4.79 Å². The highest BCUT2D eigenvalue weighted by Crippen LogP contribution is 2.68. The van der Waals surface area contributed by atoms with Crippen molar-refractivity contribution in [3.8, 4) is 0 Å². The molecule has 2 aliphatic heterocycles. The van der Waals surface area contributed by atoms with Crippen LogP contribution in [0.15, 0.2) is 24.3 Å². The minimum atomic E-state index is -0.345. The van der Waals surface area contributed by atoms with Crippen LogP contribution in [0.3, 0.4) is 0 Å². The van der Waals surface area contributed by atoms with Gasteiger partial charge in [0.25, 0.3) is 0 Å². The van der Waals surface area contributed by atoms with E-state index in [0.717, 1.165) is 19.5 Å². The Morgan fingerprint density at radius 3 is 2.81 bits per heavy atom. The molecule has 1 spiro atoms. The van der Waals surface area contributed by atoms with E-state index in [1.165, 1.54) is 17.5 Å². The van der Waals surface area contributed by atoms with Crippen LogP contribution in [0.1, 0.15) is 43.7 Å². The smallest absolute Gasteiger partial charge is 0.407 e. The number of benzene rings is 1. The Morgan fingerprint density at radius 2 is 2.15 bits per heavy atom. The van der Waals surface area contributed by atoms with Crippen LogP contribution < -0.4 is 5.32 Å². The van der Waals surface area contributed by atoms with Crippen molar-refractivity contribution in [2.45, 2.75) is 50.5 Å². The Bertz CT molecular complexity index is 800. The van der Waals surface area contributed by atoms with Gasteiger partial charge in [-0.15, -0.1) is 0 Å². The first-order valence-electron chi connectivity index (χ1n) is 9.66. The summed E-state index contributed by atoms with van der Waals surface area (Å²) in [6.07, 6.45) is 3.31. The molecule has 2 amide bonds. The molecule has 26 heavy (non-hydrogen) atoms. The van der Waals surface area contributed by atoms with E-state index in [1.54, 1.807) is 0 Å². The van der Waals surface area contributed by atoms with Gasteiger partial charge in [0.2, 0.25) is 5.91 Å². The van der Waals surface area contributed by atoms with Crippen LogP contribution in [0.5, 0.6) is 0 Å². The van der Waals surface area contributed by atoms with E-state index in [1.807, 2.05) is 0 Å². The minimum absolute atomic E-state index is 0.0332. The maximum absolute atomic E-state index is 13.0. The van der Waals surface area contributed by atoms with Gasteiger partial charge in [-0.05, 0) is 43.6 Å². The monoisotopic (exact) mass is 354 g/mol. The molecule has 138 valence electrons. The Balaban J connectivity index is 1.26. The van der Waals surface area contributed by atoms with Gasteiger partial charge in [0.15, 0.2) is 0 Å². The maximum Gasteiger partial charge on any atom is 0.407 e. The van der Waals surface area contributed by atoms with Crippen LogP contribution in [0.25, 0.3) is 0 Å². The predicted octanol–water partition coefficient (Wildman–Crippen LogP) is 2.76. The number of piperidine rings is 1. The van der Waals surface area contributed by atoms with Crippen molar-refractivity contribution in [3.63, 3.8) is 0 Å². The Morgan fingerprint density at radius 1 is 1.35 bits per heavy atom. The Hall–Kier alpha value is -2.04. The van der Waals surface area contributed by atoms with Crippen LogP contribution >= 0.6 is 0 Å². The highest BCUT2D eigenvalue weighted by molar-refractivity contribution is 5.82. The number of cyclic esters (lactones) is 1. The summed E-state index contributed by atoms with van der Waals surface area (Å²) in [7, 11) is 0. The second kappa shape index (κ2) is 5.02. The third kappa shape index (κ3) is 2.15. The topological polar surface area (TPSA) is 58.6 Å².